The van der Waals surface area contributed by atoms with E-state index in [9.17, 15) is 19.5 Å². The minimum atomic E-state index is -0.983. The topological polar surface area (TPSA) is 95.9 Å². The number of hydrogen-bond acceptors (Lipinski definition) is 5. The second-order valence-electron chi connectivity index (χ2n) is 6.87. The van der Waals surface area contributed by atoms with Gasteiger partial charge in [-0.25, -0.2) is 4.79 Å². The van der Waals surface area contributed by atoms with E-state index in [0.29, 0.717) is 25.8 Å². The van der Waals surface area contributed by atoms with E-state index in [1.807, 2.05) is 30.3 Å². The van der Waals surface area contributed by atoms with Crippen LogP contribution in [0.2, 0.25) is 0 Å². The van der Waals surface area contributed by atoms with Crippen molar-refractivity contribution in [3.8, 4) is 0 Å². The van der Waals surface area contributed by atoms with Gasteiger partial charge in [0.25, 0.3) is 0 Å². The second-order valence-corrected chi connectivity index (χ2v) is 6.87. The number of rotatable bonds is 8. The number of aryl methyl sites for hydroxylation is 1. The fourth-order valence-electron chi connectivity index (χ4n) is 3.44. The monoisotopic (exact) mass is 376 g/mol. The lowest BCUT2D eigenvalue weighted by Crippen LogP contribution is -2.56. The van der Waals surface area contributed by atoms with Gasteiger partial charge < -0.3 is 14.7 Å². The fourth-order valence-corrected chi connectivity index (χ4v) is 3.44. The number of ether oxygens (including phenoxy) is 1. The van der Waals surface area contributed by atoms with Crippen molar-refractivity contribution in [3.05, 3.63) is 35.9 Å². The number of nitrogens with one attached hydrogen (secondary N) is 1. The third-order valence-corrected chi connectivity index (χ3v) is 4.94. The highest BCUT2D eigenvalue weighted by atomic mass is 16.5. The molecule has 0 aromatic heterocycles. The van der Waals surface area contributed by atoms with Crippen LogP contribution in [0.1, 0.15) is 38.2 Å². The van der Waals surface area contributed by atoms with E-state index < -0.39 is 30.1 Å². The molecule has 27 heavy (non-hydrogen) atoms. The van der Waals surface area contributed by atoms with Gasteiger partial charge in [-0.05, 0) is 44.6 Å². The van der Waals surface area contributed by atoms with Gasteiger partial charge in [0.15, 0.2) is 0 Å². The molecule has 2 rings (SSSR count). The molecule has 3 atom stereocenters. The third kappa shape index (κ3) is 5.79. The number of methoxy groups -OCH3 is 1. The highest BCUT2D eigenvalue weighted by Gasteiger charge is 2.35. The van der Waals surface area contributed by atoms with Gasteiger partial charge >= 0.3 is 11.9 Å². The lowest BCUT2D eigenvalue weighted by atomic mass is 10.0. The number of hydrogen-bond donors (Lipinski definition) is 2. The molecule has 0 spiro atoms. The van der Waals surface area contributed by atoms with Gasteiger partial charge in [-0.2, -0.15) is 0 Å². The number of carboxylic acid groups (broad SMARTS) is 1. The Kier molecular flexibility index (Phi) is 7.79. The number of carboxylic acids is 1. The number of carbonyl (C=O) groups excluding carboxylic acids is 2. The van der Waals surface area contributed by atoms with Crippen LogP contribution in [0, 0.1) is 0 Å². The van der Waals surface area contributed by atoms with Crippen molar-refractivity contribution < 1.29 is 24.2 Å². The molecule has 2 N–H and O–H groups in total. The minimum Gasteiger partial charge on any atom is -0.480 e. The minimum absolute atomic E-state index is 0.296. The number of nitrogens with zero attached hydrogens (tertiary/aromatic N) is 1. The quantitative estimate of drug-likeness (QED) is 0.669. The van der Waals surface area contributed by atoms with Crippen LogP contribution in [0.3, 0.4) is 0 Å². The average Bonchev–Trinajstić information content (AvgIpc) is 2.70. The summed E-state index contributed by atoms with van der Waals surface area (Å²) in [6.07, 6.45) is 3.19. The Bertz CT molecular complexity index is 649. The number of esters is 1. The molecule has 1 fully saturated rings. The van der Waals surface area contributed by atoms with E-state index in [0.717, 1.165) is 18.4 Å². The molecular weight excluding hydrogens is 348 g/mol. The van der Waals surface area contributed by atoms with Gasteiger partial charge in [0.2, 0.25) is 5.91 Å². The van der Waals surface area contributed by atoms with Crippen LogP contribution >= 0.6 is 0 Å². The van der Waals surface area contributed by atoms with Crippen LogP contribution in [0.4, 0.5) is 0 Å². The normalized spacial score (nSPS) is 19.2. The van der Waals surface area contributed by atoms with E-state index in [2.05, 4.69) is 5.32 Å². The molecule has 1 heterocycles. The van der Waals surface area contributed by atoms with Crippen molar-refractivity contribution in [2.24, 2.45) is 0 Å². The predicted octanol–water partition coefficient (Wildman–Crippen LogP) is 1.60. The molecular formula is C20H28N2O5. The van der Waals surface area contributed by atoms with Gasteiger partial charge in [0, 0.05) is 6.54 Å². The van der Waals surface area contributed by atoms with Crippen molar-refractivity contribution >= 4 is 17.8 Å². The SMILES string of the molecule is COC(=O)C(CCc1ccccc1)NC(C)C(=O)N1CCCCC1C(=O)O. The zero-order valence-electron chi connectivity index (χ0n) is 15.9. The van der Waals surface area contributed by atoms with E-state index in [1.165, 1.54) is 12.0 Å². The molecule has 1 saturated heterocycles. The van der Waals surface area contributed by atoms with Crippen molar-refractivity contribution in [3.63, 3.8) is 0 Å². The smallest absolute Gasteiger partial charge is 0.326 e. The molecule has 0 saturated carbocycles. The molecule has 1 aromatic carbocycles. The summed E-state index contributed by atoms with van der Waals surface area (Å²) in [5.74, 6) is -1.71. The van der Waals surface area contributed by atoms with Crippen molar-refractivity contribution in [1.29, 1.82) is 0 Å². The van der Waals surface area contributed by atoms with Crippen LogP contribution in [-0.2, 0) is 25.5 Å². The fraction of sp³-hybridized carbons (Fsp3) is 0.550. The lowest BCUT2D eigenvalue weighted by molar-refractivity contribution is -0.153. The Morgan fingerprint density at radius 2 is 1.96 bits per heavy atom. The first-order chi connectivity index (χ1) is 12.9. The maximum absolute atomic E-state index is 12.8. The van der Waals surface area contributed by atoms with Gasteiger partial charge in [-0.1, -0.05) is 30.3 Å². The molecule has 1 amide bonds. The molecule has 7 heteroatoms. The number of likely N-dealkylation sites (tertiary alicyclic amines) is 1. The number of aliphatic carboxylic acids is 1. The molecule has 1 aliphatic heterocycles. The Morgan fingerprint density at radius 3 is 2.59 bits per heavy atom. The maximum Gasteiger partial charge on any atom is 0.326 e. The zero-order chi connectivity index (χ0) is 19.8. The second kappa shape index (κ2) is 10.1. The van der Waals surface area contributed by atoms with Crippen LogP contribution in [-0.4, -0.2) is 59.6 Å². The third-order valence-electron chi connectivity index (χ3n) is 4.94. The van der Waals surface area contributed by atoms with Gasteiger partial charge in [0.1, 0.15) is 12.1 Å². The summed E-state index contributed by atoms with van der Waals surface area (Å²) in [5.41, 5.74) is 1.09. The molecule has 0 radical (unpaired) electrons. The Labute approximate surface area is 159 Å². The van der Waals surface area contributed by atoms with E-state index >= 15 is 0 Å². The predicted molar refractivity (Wildman–Crippen MR) is 100 cm³/mol. The molecule has 1 aliphatic rings. The highest BCUT2D eigenvalue weighted by Crippen LogP contribution is 2.18. The molecule has 3 unspecified atom stereocenters. The number of piperidine rings is 1. The van der Waals surface area contributed by atoms with E-state index in [1.54, 1.807) is 6.92 Å². The number of carbonyl (C=O) groups is 3. The first kappa shape index (κ1) is 20.9. The van der Waals surface area contributed by atoms with Crippen LogP contribution in [0.15, 0.2) is 30.3 Å². The largest absolute Gasteiger partial charge is 0.480 e. The summed E-state index contributed by atoms with van der Waals surface area (Å²) in [4.78, 5) is 37.8. The van der Waals surface area contributed by atoms with Crippen molar-refractivity contribution in [2.45, 2.75) is 57.2 Å². The average molecular weight is 376 g/mol. The Morgan fingerprint density at radius 1 is 1.26 bits per heavy atom. The lowest BCUT2D eigenvalue weighted by Gasteiger charge is -2.35. The summed E-state index contributed by atoms with van der Waals surface area (Å²) in [6, 6.07) is 7.65. The summed E-state index contributed by atoms with van der Waals surface area (Å²) in [6.45, 7) is 2.09. The van der Waals surface area contributed by atoms with Crippen molar-refractivity contribution in [2.75, 3.05) is 13.7 Å². The number of benzene rings is 1. The maximum atomic E-state index is 12.8. The van der Waals surface area contributed by atoms with E-state index in [-0.39, 0.29) is 5.91 Å². The molecule has 7 nitrogen and oxygen atoms in total. The zero-order valence-corrected chi connectivity index (χ0v) is 15.9. The van der Waals surface area contributed by atoms with Gasteiger partial charge in [-0.15, -0.1) is 0 Å². The standard InChI is InChI=1S/C20H28N2O5/c1-14(18(23)22-13-7-6-10-17(22)19(24)25)21-16(20(26)27-2)12-11-15-8-4-3-5-9-15/h3-5,8-9,14,16-17,21H,6-7,10-13H2,1-2H3,(H,24,25). The number of amides is 1. The summed E-state index contributed by atoms with van der Waals surface area (Å²) >= 11 is 0. The first-order valence-corrected chi connectivity index (χ1v) is 9.35. The first-order valence-electron chi connectivity index (χ1n) is 9.35. The Balaban J connectivity index is 2.01. The molecule has 0 aliphatic carbocycles. The molecule has 148 valence electrons. The summed E-state index contributed by atoms with van der Waals surface area (Å²) in [5, 5.41) is 12.4. The summed E-state index contributed by atoms with van der Waals surface area (Å²) in [7, 11) is 1.32. The molecule has 1 aromatic rings. The van der Waals surface area contributed by atoms with E-state index in [4.69, 9.17) is 4.74 Å². The van der Waals surface area contributed by atoms with Gasteiger partial charge in [0.05, 0.1) is 13.2 Å². The molecule has 0 bridgehead atoms. The summed E-state index contributed by atoms with van der Waals surface area (Å²) < 4.78 is 4.87. The van der Waals surface area contributed by atoms with Crippen LogP contribution in [0.5, 0.6) is 0 Å². The van der Waals surface area contributed by atoms with Crippen LogP contribution < -0.4 is 5.32 Å². The van der Waals surface area contributed by atoms with Crippen LogP contribution in [0.25, 0.3) is 0 Å². The highest BCUT2D eigenvalue weighted by molar-refractivity contribution is 5.87. The van der Waals surface area contributed by atoms with Crippen molar-refractivity contribution in [1.82, 2.24) is 10.2 Å². The van der Waals surface area contributed by atoms with Gasteiger partial charge in [-0.3, -0.25) is 14.9 Å². The Hall–Kier alpha value is -2.41.